The molecule has 29 heavy (non-hydrogen) atoms. The van der Waals surface area contributed by atoms with Crippen molar-refractivity contribution in [3.8, 4) is 11.6 Å². The van der Waals surface area contributed by atoms with E-state index >= 15 is 0 Å². The number of carboxylic acids is 1. The number of nitrogens with zero attached hydrogens (tertiary/aromatic N) is 8. The second-order valence-electron chi connectivity index (χ2n) is 7.57. The number of fused-ring (bicyclic) bond motifs is 3. The van der Waals surface area contributed by atoms with Gasteiger partial charge in [0.25, 0.3) is 5.95 Å². The van der Waals surface area contributed by atoms with E-state index in [1.807, 2.05) is 11.5 Å². The maximum Gasteiger partial charge on any atom is 0.338 e. The van der Waals surface area contributed by atoms with E-state index in [1.165, 1.54) is 29.9 Å². The van der Waals surface area contributed by atoms with Gasteiger partial charge in [-0.25, -0.2) is 14.5 Å². The molecule has 4 heterocycles. The molecule has 1 aliphatic heterocycles. The highest BCUT2D eigenvalue weighted by molar-refractivity contribution is 5.86. The molecule has 2 aliphatic rings. The summed E-state index contributed by atoms with van der Waals surface area (Å²) >= 11 is 0. The normalized spacial score (nSPS) is 18.7. The lowest BCUT2D eigenvalue weighted by Crippen LogP contribution is -2.42. The van der Waals surface area contributed by atoms with Crippen LogP contribution in [0.25, 0.3) is 11.6 Å². The molecule has 3 aromatic rings. The summed E-state index contributed by atoms with van der Waals surface area (Å²) in [5.74, 6) is 1.87. The Morgan fingerprint density at radius 3 is 2.72 bits per heavy atom. The van der Waals surface area contributed by atoms with E-state index in [-0.39, 0.29) is 11.6 Å². The Morgan fingerprint density at radius 1 is 1.24 bits per heavy atom. The van der Waals surface area contributed by atoms with Gasteiger partial charge in [0.15, 0.2) is 11.6 Å². The highest BCUT2D eigenvalue weighted by atomic mass is 16.4. The lowest BCUT2D eigenvalue weighted by molar-refractivity contribution is 0.0697. The van der Waals surface area contributed by atoms with Gasteiger partial charge in [0, 0.05) is 12.2 Å². The van der Waals surface area contributed by atoms with E-state index in [4.69, 9.17) is 4.98 Å². The van der Waals surface area contributed by atoms with E-state index in [1.54, 1.807) is 6.20 Å². The second kappa shape index (κ2) is 6.64. The summed E-state index contributed by atoms with van der Waals surface area (Å²) in [6, 6.07) is 0.473. The maximum absolute atomic E-state index is 11.2. The largest absolute Gasteiger partial charge is 0.478 e. The quantitative estimate of drug-likeness (QED) is 0.718. The van der Waals surface area contributed by atoms with Crippen LogP contribution in [-0.4, -0.2) is 51.6 Å². The van der Waals surface area contributed by atoms with Crippen LogP contribution in [0, 0.1) is 6.92 Å². The summed E-state index contributed by atoms with van der Waals surface area (Å²) < 4.78 is 3.44. The molecule has 150 valence electrons. The molecule has 1 N–H and O–H groups in total. The van der Waals surface area contributed by atoms with Gasteiger partial charge in [-0.3, -0.25) is 4.57 Å². The van der Waals surface area contributed by atoms with Crippen molar-refractivity contribution in [2.24, 2.45) is 0 Å². The summed E-state index contributed by atoms with van der Waals surface area (Å²) in [4.78, 5) is 22.9. The highest BCUT2D eigenvalue weighted by Gasteiger charge is 2.39. The highest BCUT2D eigenvalue weighted by Crippen LogP contribution is 2.43. The molecule has 0 aromatic carbocycles. The number of anilines is 1. The summed E-state index contributed by atoms with van der Waals surface area (Å²) in [5.41, 5.74) is 0.954. The van der Waals surface area contributed by atoms with E-state index in [0.29, 0.717) is 12.0 Å². The number of carboxylic acid groups (broad SMARTS) is 1. The molecule has 1 aliphatic carbocycles. The zero-order chi connectivity index (χ0) is 20.1. The fourth-order valence-corrected chi connectivity index (χ4v) is 4.51. The smallest absolute Gasteiger partial charge is 0.338 e. The van der Waals surface area contributed by atoms with Crippen LogP contribution in [0.2, 0.25) is 0 Å². The third kappa shape index (κ3) is 2.70. The van der Waals surface area contributed by atoms with Crippen LogP contribution >= 0.6 is 0 Å². The lowest BCUT2D eigenvalue weighted by Gasteiger charge is -2.41. The van der Waals surface area contributed by atoms with E-state index in [9.17, 15) is 9.90 Å². The monoisotopic (exact) mass is 394 g/mol. The molecule has 1 atom stereocenters. The Kier molecular flexibility index (Phi) is 4.07. The first kappa shape index (κ1) is 17.8. The fourth-order valence-electron chi connectivity index (χ4n) is 4.51. The SMILES string of the molecule is CCC1c2nnc(C)n2-c2cnc(-n3cc(C(=O)O)cn3)nc2N1C1CCCC1. The average Bonchev–Trinajstić information content (AvgIpc) is 3.47. The maximum atomic E-state index is 11.2. The minimum absolute atomic E-state index is 0.0850. The van der Waals surface area contributed by atoms with Gasteiger partial charge in [0.1, 0.15) is 11.5 Å². The molecule has 0 saturated heterocycles. The van der Waals surface area contributed by atoms with Gasteiger partial charge in [0.2, 0.25) is 0 Å². The number of aryl methyl sites for hydroxylation is 1. The molecule has 1 saturated carbocycles. The topological polar surface area (TPSA) is 115 Å². The van der Waals surface area contributed by atoms with E-state index in [0.717, 1.165) is 42.4 Å². The van der Waals surface area contributed by atoms with Crippen molar-refractivity contribution in [3.63, 3.8) is 0 Å². The van der Waals surface area contributed by atoms with Crippen molar-refractivity contribution in [3.05, 3.63) is 35.8 Å². The molecular formula is C19H22N8O2. The standard InChI is InChI=1S/C19H22N8O2/c1-3-14-17-24-23-11(2)26(17)15-9-20-19(25-10-12(8-21-25)18(28)29)22-16(15)27(14)13-6-4-5-7-13/h8-10,13-14H,3-7H2,1-2H3,(H,28,29). The van der Waals surface area contributed by atoms with Gasteiger partial charge in [0.05, 0.1) is 24.0 Å². The molecule has 1 unspecified atom stereocenters. The van der Waals surface area contributed by atoms with Crippen molar-refractivity contribution < 1.29 is 9.90 Å². The number of carbonyl (C=O) groups is 1. The van der Waals surface area contributed by atoms with Crippen LogP contribution in [0.4, 0.5) is 5.82 Å². The van der Waals surface area contributed by atoms with Crippen LogP contribution < -0.4 is 4.90 Å². The first-order valence-corrected chi connectivity index (χ1v) is 9.94. The number of hydrogen-bond acceptors (Lipinski definition) is 7. The molecule has 10 heteroatoms. The molecule has 0 bridgehead atoms. The summed E-state index contributed by atoms with van der Waals surface area (Å²) in [6.45, 7) is 4.08. The van der Waals surface area contributed by atoms with Gasteiger partial charge in [-0.15, -0.1) is 10.2 Å². The first-order valence-electron chi connectivity index (χ1n) is 9.94. The minimum Gasteiger partial charge on any atom is -0.478 e. The van der Waals surface area contributed by atoms with Crippen LogP contribution in [0.5, 0.6) is 0 Å². The van der Waals surface area contributed by atoms with Crippen molar-refractivity contribution in [1.29, 1.82) is 0 Å². The van der Waals surface area contributed by atoms with Gasteiger partial charge in [-0.2, -0.15) is 10.1 Å². The number of hydrogen-bond donors (Lipinski definition) is 1. The Bertz CT molecular complexity index is 1080. The molecule has 3 aromatic heterocycles. The van der Waals surface area contributed by atoms with Crippen molar-refractivity contribution in [2.75, 3.05) is 4.90 Å². The molecule has 0 spiro atoms. The zero-order valence-electron chi connectivity index (χ0n) is 16.4. The van der Waals surface area contributed by atoms with E-state index in [2.05, 4.69) is 32.1 Å². The molecule has 10 nitrogen and oxygen atoms in total. The fraction of sp³-hybridized carbons (Fsp3) is 0.474. The van der Waals surface area contributed by atoms with Gasteiger partial charge in [-0.05, 0) is 26.2 Å². The van der Waals surface area contributed by atoms with Crippen molar-refractivity contribution in [2.45, 2.75) is 58.0 Å². The molecular weight excluding hydrogens is 372 g/mol. The lowest BCUT2D eigenvalue weighted by atomic mass is 10.0. The number of aromatic carboxylic acids is 1. The van der Waals surface area contributed by atoms with Crippen molar-refractivity contribution >= 4 is 11.8 Å². The van der Waals surface area contributed by atoms with Crippen LogP contribution in [0.15, 0.2) is 18.6 Å². The predicted octanol–water partition coefficient (Wildman–Crippen LogP) is 2.46. The minimum atomic E-state index is -1.03. The molecule has 1 fully saturated rings. The predicted molar refractivity (Wildman–Crippen MR) is 104 cm³/mol. The van der Waals surface area contributed by atoms with E-state index < -0.39 is 5.97 Å². The second-order valence-corrected chi connectivity index (χ2v) is 7.57. The summed E-state index contributed by atoms with van der Waals surface area (Å²) in [7, 11) is 0. The first-order chi connectivity index (χ1) is 14.1. The Hall–Kier alpha value is -3.30. The number of aromatic nitrogens is 7. The molecule has 0 radical (unpaired) electrons. The van der Waals surface area contributed by atoms with Gasteiger partial charge in [-0.1, -0.05) is 19.8 Å². The van der Waals surface area contributed by atoms with Crippen molar-refractivity contribution in [1.82, 2.24) is 34.5 Å². The third-order valence-electron chi connectivity index (χ3n) is 5.85. The summed E-state index contributed by atoms with van der Waals surface area (Å²) in [5, 5.41) is 22.1. The van der Waals surface area contributed by atoms with Crippen LogP contribution in [0.3, 0.4) is 0 Å². The molecule has 5 rings (SSSR count). The Morgan fingerprint density at radius 2 is 2.03 bits per heavy atom. The van der Waals surface area contributed by atoms with Crippen LogP contribution in [-0.2, 0) is 0 Å². The third-order valence-corrected chi connectivity index (χ3v) is 5.85. The van der Waals surface area contributed by atoms with Gasteiger partial charge >= 0.3 is 5.97 Å². The number of rotatable bonds is 4. The zero-order valence-corrected chi connectivity index (χ0v) is 16.4. The van der Waals surface area contributed by atoms with Crippen LogP contribution in [0.1, 0.15) is 67.1 Å². The average molecular weight is 394 g/mol. The Labute approximate surface area is 167 Å². The Balaban J connectivity index is 1.68. The van der Waals surface area contributed by atoms with Gasteiger partial charge < -0.3 is 10.0 Å². The molecule has 0 amide bonds. The summed E-state index contributed by atoms with van der Waals surface area (Å²) in [6.07, 6.45) is 10.0.